The second-order valence-corrected chi connectivity index (χ2v) is 10.3. The first-order chi connectivity index (χ1) is 15.7. The van der Waals surface area contributed by atoms with Crippen LogP contribution in [0.4, 0.5) is 18.0 Å². The van der Waals surface area contributed by atoms with Crippen molar-refractivity contribution in [3.05, 3.63) is 58.9 Å². The number of aryl methyl sites for hydroxylation is 1. The normalized spacial score (nSPS) is 27.7. The number of benzene rings is 2. The van der Waals surface area contributed by atoms with Crippen LogP contribution in [0.15, 0.2) is 30.3 Å². The Morgan fingerprint density at radius 3 is 2.55 bits per heavy atom. The third-order valence-electron chi connectivity index (χ3n) is 7.74. The Morgan fingerprint density at radius 2 is 1.85 bits per heavy atom. The zero-order chi connectivity index (χ0) is 23.3. The lowest BCUT2D eigenvalue weighted by Gasteiger charge is -2.44. The Morgan fingerprint density at radius 1 is 1.09 bits per heavy atom. The number of nitrogens with one attached hydrogen (secondary N) is 1. The van der Waals surface area contributed by atoms with Crippen LogP contribution >= 0.6 is 0 Å². The molecule has 4 aliphatic rings. The molecule has 1 N–H and O–H groups in total. The maximum atomic E-state index is 14.3. The van der Waals surface area contributed by atoms with Crippen LogP contribution in [0.5, 0.6) is 0 Å². The van der Waals surface area contributed by atoms with Gasteiger partial charge in [-0.3, -0.25) is 4.90 Å². The molecular formula is C26H29F3N2O2. The van der Waals surface area contributed by atoms with Gasteiger partial charge in [0.1, 0.15) is 6.10 Å². The molecule has 2 atom stereocenters. The average Bonchev–Trinajstić information content (AvgIpc) is 2.80. The van der Waals surface area contributed by atoms with Crippen molar-refractivity contribution < 1.29 is 22.7 Å². The highest BCUT2D eigenvalue weighted by Crippen LogP contribution is 2.45. The third-order valence-corrected chi connectivity index (χ3v) is 7.74. The lowest BCUT2D eigenvalue weighted by atomic mass is 9.70. The number of halogens is 3. The molecule has 33 heavy (non-hydrogen) atoms. The first-order valence-corrected chi connectivity index (χ1v) is 11.7. The van der Waals surface area contributed by atoms with Gasteiger partial charge in [-0.15, -0.1) is 0 Å². The molecule has 7 heteroatoms. The van der Waals surface area contributed by atoms with Crippen molar-refractivity contribution in [1.29, 1.82) is 0 Å². The fourth-order valence-electron chi connectivity index (χ4n) is 5.65. The van der Waals surface area contributed by atoms with Gasteiger partial charge in [0.05, 0.1) is 6.04 Å². The van der Waals surface area contributed by atoms with E-state index < -0.39 is 23.5 Å². The summed E-state index contributed by atoms with van der Waals surface area (Å²) in [5.41, 5.74) is 2.22. The van der Waals surface area contributed by atoms with Gasteiger partial charge in [-0.25, -0.2) is 18.0 Å². The number of alkyl carbamates (subject to hydrolysis) is 1. The molecule has 3 aliphatic heterocycles. The van der Waals surface area contributed by atoms with Crippen molar-refractivity contribution in [1.82, 2.24) is 10.2 Å². The van der Waals surface area contributed by atoms with E-state index >= 15 is 0 Å². The van der Waals surface area contributed by atoms with Crippen molar-refractivity contribution in [3.63, 3.8) is 0 Å². The number of amides is 1. The van der Waals surface area contributed by atoms with Crippen LogP contribution in [0, 0.1) is 28.8 Å². The number of rotatable bonds is 3. The van der Waals surface area contributed by atoms with Gasteiger partial charge in [0, 0.05) is 12.1 Å². The summed E-state index contributed by atoms with van der Waals surface area (Å²) in [5.74, 6) is -3.44. The van der Waals surface area contributed by atoms with E-state index in [1.54, 1.807) is 6.07 Å². The molecule has 0 spiro atoms. The highest BCUT2D eigenvalue weighted by molar-refractivity contribution is 5.70. The van der Waals surface area contributed by atoms with Crippen molar-refractivity contribution in [2.75, 3.05) is 19.6 Å². The zero-order valence-corrected chi connectivity index (χ0v) is 19.0. The second kappa shape index (κ2) is 8.35. The maximum Gasteiger partial charge on any atom is 0.407 e. The molecule has 3 heterocycles. The minimum absolute atomic E-state index is 0.0211. The molecule has 2 bridgehead atoms. The van der Waals surface area contributed by atoms with E-state index in [1.807, 2.05) is 12.1 Å². The van der Waals surface area contributed by atoms with Crippen molar-refractivity contribution in [2.24, 2.45) is 11.3 Å². The van der Waals surface area contributed by atoms with Crippen LogP contribution in [0.3, 0.4) is 0 Å². The average molecular weight is 459 g/mol. The number of piperidine rings is 3. The largest absolute Gasteiger partial charge is 0.445 e. The molecule has 0 aromatic heterocycles. The highest BCUT2D eigenvalue weighted by atomic mass is 19.2. The Balaban J connectivity index is 1.38. The van der Waals surface area contributed by atoms with Crippen molar-refractivity contribution in [3.8, 4) is 11.1 Å². The van der Waals surface area contributed by atoms with Gasteiger partial charge < -0.3 is 10.1 Å². The third kappa shape index (κ3) is 4.12. The monoisotopic (exact) mass is 458 g/mol. The van der Waals surface area contributed by atoms with E-state index in [9.17, 15) is 18.0 Å². The van der Waals surface area contributed by atoms with E-state index in [0.717, 1.165) is 62.5 Å². The second-order valence-electron chi connectivity index (χ2n) is 10.3. The Hall–Kier alpha value is -2.54. The van der Waals surface area contributed by atoms with E-state index in [-0.39, 0.29) is 23.1 Å². The molecular weight excluding hydrogens is 429 g/mol. The molecule has 0 saturated carbocycles. The van der Waals surface area contributed by atoms with Gasteiger partial charge in [0.2, 0.25) is 0 Å². The maximum absolute atomic E-state index is 14.3. The quantitative estimate of drug-likeness (QED) is 0.609. The molecule has 176 valence electrons. The topological polar surface area (TPSA) is 41.6 Å². The molecule has 1 unspecified atom stereocenters. The fraction of sp³-hybridized carbons (Fsp3) is 0.500. The smallest absolute Gasteiger partial charge is 0.407 e. The van der Waals surface area contributed by atoms with Gasteiger partial charge in [-0.1, -0.05) is 32.0 Å². The zero-order valence-electron chi connectivity index (χ0n) is 19.0. The summed E-state index contributed by atoms with van der Waals surface area (Å²) in [6.07, 6.45) is 3.22. The molecule has 3 saturated heterocycles. The minimum Gasteiger partial charge on any atom is -0.445 e. The summed E-state index contributed by atoms with van der Waals surface area (Å²) >= 11 is 0. The van der Waals surface area contributed by atoms with Gasteiger partial charge >= 0.3 is 6.09 Å². The highest BCUT2D eigenvalue weighted by Gasteiger charge is 2.40. The van der Waals surface area contributed by atoms with E-state index in [2.05, 4.69) is 24.1 Å². The summed E-state index contributed by atoms with van der Waals surface area (Å²) in [7, 11) is 0. The number of hydrogen-bond acceptors (Lipinski definition) is 3. The summed E-state index contributed by atoms with van der Waals surface area (Å²) in [6.45, 7) is 7.17. The standard InChI is InChI=1S/C26H29F3N2O2/c1-26(2)10-7-17-13-16(18-5-6-20(27)23(29)22(18)28)3-4-19(17)24(26)30-25(32)33-21-14-31-11-8-15(21)9-12-31/h3-6,13,15,21,24H,7-12,14H2,1-2H3,(H,30,32)/t21-,24?/m0/s1. The molecule has 2 aromatic carbocycles. The Kier molecular flexibility index (Phi) is 5.63. The van der Waals surface area contributed by atoms with E-state index in [4.69, 9.17) is 4.74 Å². The fourth-order valence-corrected chi connectivity index (χ4v) is 5.65. The molecule has 1 aliphatic carbocycles. The summed E-state index contributed by atoms with van der Waals surface area (Å²) in [5, 5.41) is 3.10. The number of carbonyl (C=O) groups excluding carboxylic acids is 1. The van der Waals surface area contributed by atoms with E-state index in [1.165, 1.54) is 6.07 Å². The van der Waals surface area contributed by atoms with Gasteiger partial charge in [0.25, 0.3) is 0 Å². The molecule has 2 aromatic rings. The Labute approximate surface area is 192 Å². The number of nitrogens with zero attached hydrogens (tertiary/aromatic N) is 1. The van der Waals surface area contributed by atoms with Crippen LogP contribution in [-0.4, -0.2) is 36.7 Å². The van der Waals surface area contributed by atoms with Crippen LogP contribution in [0.2, 0.25) is 0 Å². The molecule has 0 radical (unpaired) electrons. The van der Waals surface area contributed by atoms with Crippen molar-refractivity contribution >= 4 is 6.09 Å². The van der Waals surface area contributed by atoms with Gasteiger partial charge in [-0.2, -0.15) is 0 Å². The summed E-state index contributed by atoms with van der Waals surface area (Å²) < 4.78 is 47.3. The molecule has 4 nitrogen and oxygen atoms in total. The molecule has 6 rings (SSSR count). The summed E-state index contributed by atoms with van der Waals surface area (Å²) in [6, 6.07) is 7.29. The summed E-state index contributed by atoms with van der Waals surface area (Å²) in [4.78, 5) is 15.2. The first-order valence-electron chi connectivity index (χ1n) is 11.7. The SMILES string of the molecule is CC1(C)CCc2cc(-c3ccc(F)c(F)c3F)ccc2C1NC(=O)O[C@H]1CN2CCC1CC2. The van der Waals surface area contributed by atoms with Crippen molar-refractivity contribution in [2.45, 2.75) is 51.7 Å². The van der Waals surface area contributed by atoms with Crippen LogP contribution in [-0.2, 0) is 11.2 Å². The lowest BCUT2D eigenvalue weighted by molar-refractivity contribution is -0.0353. The predicted octanol–water partition coefficient (Wildman–Crippen LogP) is 5.60. The van der Waals surface area contributed by atoms with Gasteiger partial charge in [0.15, 0.2) is 17.5 Å². The van der Waals surface area contributed by atoms with E-state index in [0.29, 0.717) is 11.5 Å². The Bertz CT molecular complexity index is 1080. The lowest BCUT2D eigenvalue weighted by Crippen LogP contribution is -2.53. The minimum atomic E-state index is -1.47. The number of carbonyl (C=O) groups is 1. The van der Waals surface area contributed by atoms with Crippen LogP contribution < -0.4 is 5.32 Å². The molecule has 1 amide bonds. The van der Waals surface area contributed by atoms with Crippen LogP contribution in [0.1, 0.15) is 50.3 Å². The van der Waals surface area contributed by atoms with Gasteiger partial charge in [-0.05, 0) is 78.9 Å². The number of fused-ring (bicyclic) bond motifs is 4. The predicted molar refractivity (Wildman–Crippen MR) is 119 cm³/mol. The first kappa shape index (κ1) is 22.3. The number of hydrogen-bond donors (Lipinski definition) is 1. The van der Waals surface area contributed by atoms with Crippen LogP contribution in [0.25, 0.3) is 11.1 Å². The molecule has 3 fully saturated rings. The number of ether oxygens (including phenoxy) is 1.